The van der Waals surface area contributed by atoms with Crippen LogP contribution in [-0.2, 0) is 9.59 Å². The highest BCUT2D eigenvalue weighted by atomic mass is 16.4. The lowest BCUT2D eigenvalue weighted by atomic mass is 9.79. The molecule has 0 aromatic rings. The first kappa shape index (κ1) is 14.3. The number of carboxylic acid groups (broad SMARTS) is 1. The van der Waals surface area contributed by atoms with Crippen molar-refractivity contribution in [2.75, 3.05) is 19.7 Å². The molecule has 1 heterocycles. The van der Waals surface area contributed by atoms with E-state index in [4.69, 9.17) is 10.2 Å². The number of hydrogen-bond acceptors (Lipinski definition) is 3. The van der Waals surface area contributed by atoms with Gasteiger partial charge in [-0.15, -0.1) is 0 Å². The second-order valence-corrected chi connectivity index (χ2v) is 6.13. The fraction of sp³-hybridized carbons (Fsp3) is 0.857. The number of amides is 1. The van der Waals surface area contributed by atoms with E-state index in [9.17, 15) is 9.59 Å². The van der Waals surface area contributed by atoms with Gasteiger partial charge in [0.25, 0.3) is 0 Å². The summed E-state index contributed by atoms with van der Waals surface area (Å²) in [5.74, 6) is -0.536. The van der Waals surface area contributed by atoms with Crippen molar-refractivity contribution in [1.29, 1.82) is 0 Å². The van der Waals surface area contributed by atoms with Gasteiger partial charge in [0.1, 0.15) is 0 Å². The van der Waals surface area contributed by atoms with Gasteiger partial charge in [-0.2, -0.15) is 0 Å². The van der Waals surface area contributed by atoms with Gasteiger partial charge in [0.05, 0.1) is 6.42 Å². The molecule has 1 aliphatic carbocycles. The fourth-order valence-corrected chi connectivity index (χ4v) is 3.50. The highest BCUT2D eigenvalue weighted by Crippen LogP contribution is 2.44. The van der Waals surface area contributed by atoms with Gasteiger partial charge in [-0.25, -0.2) is 0 Å². The van der Waals surface area contributed by atoms with Crippen molar-refractivity contribution in [2.45, 2.75) is 44.9 Å². The summed E-state index contributed by atoms with van der Waals surface area (Å²) in [4.78, 5) is 25.1. The molecule has 5 nitrogen and oxygen atoms in total. The summed E-state index contributed by atoms with van der Waals surface area (Å²) in [6.07, 6.45) is 5.08. The van der Waals surface area contributed by atoms with Crippen molar-refractivity contribution >= 4 is 11.9 Å². The minimum atomic E-state index is -0.802. The maximum Gasteiger partial charge on any atom is 0.303 e. The van der Waals surface area contributed by atoms with Crippen molar-refractivity contribution in [3.8, 4) is 0 Å². The first-order chi connectivity index (χ1) is 9.04. The lowest BCUT2D eigenvalue weighted by molar-refractivity contribution is -0.141. The SMILES string of the molecule is O=C(O)CC1(CC(=O)N2CCC(CO)C2)CCCC1. The van der Waals surface area contributed by atoms with E-state index in [1.54, 1.807) is 4.90 Å². The van der Waals surface area contributed by atoms with Crippen LogP contribution in [0.1, 0.15) is 44.9 Å². The van der Waals surface area contributed by atoms with Crippen LogP contribution in [0.2, 0.25) is 0 Å². The molecule has 108 valence electrons. The van der Waals surface area contributed by atoms with E-state index in [-0.39, 0.29) is 30.3 Å². The molecule has 19 heavy (non-hydrogen) atoms. The van der Waals surface area contributed by atoms with Crippen LogP contribution < -0.4 is 0 Å². The Hall–Kier alpha value is -1.10. The number of carbonyl (C=O) groups is 2. The molecule has 1 saturated heterocycles. The fourth-order valence-electron chi connectivity index (χ4n) is 3.50. The standard InChI is InChI=1S/C14H23NO4/c16-10-11-3-6-15(9-11)12(17)7-14(8-13(18)19)4-1-2-5-14/h11,16H,1-10H2,(H,18,19). The van der Waals surface area contributed by atoms with E-state index in [0.29, 0.717) is 19.5 Å². The summed E-state index contributed by atoms with van der Waals surface area (Å²) >= 11 is 0. The van der Waals surface area contributed by atoms with Gasteiger partial charge in [-0.05, 0) is 24.7 Å². The number of rotatable bonds is 5. The van der Waals surface area contributed by atoms with Crippen molar-refractivity contribution in [1.82, 2.24) is 4.90 Å². The van der Waals surface area contributed by atoms with Crippen molar-refractivity contribution in [3.05, 3.63) is 0 Å². The Labute approximate surface area is 113 Å². The highest BCUT2D eigenvalue weighted by molar-refractivity contribution is 5.78. The summed E-state index contributed by atoms with van der Waals surface area (Å²) in [6.45, 7) is 1.45. The Balaban J connectivity index is 1.94. The molecule has 0 radical (unpaired) electrons. The lowest BCUT2D eigenvalue weighted by Crippen LogP contribution is -2.34. The van der Waals surface area contributed by atoms with Gasteiger partial charge in [0.15, 0.2) is 0 Å². The van der Waals surface area contributed by atoms with Crippen molar-refractivity contribution < 1.29 is 19.8 Å². The molecule has 1 amide bonds. The minimum Gasteiger partial charge on any atom is -0.481 e. The zero-order valence-electron chi connectivity index (χ0n) is 11.3. The minimum absolute atomic E-state index is 0.0686. The van der Waals surface area contributed by atoms with Crippen LogP contribution in [-0.4, -0.2) is 46.7 Å². The first-order valence-electron chi connectivity index (χ1n) is 7.15. The van der Waals surface area contributed by atoms with Crippen molar-refractivity contribution in [3.63, 3.8) is 0 Å². The predicted octanol–water partition coefficient (Wildman–Crippen LogP) is 1.25. The number of aliphatic hydroxyl groups is 1. The van der Waals surface area contributed by atoms with Crippen LogP contribution in [0.5, 0.6) is 0 Å². The monoisotopic (exact) mass is 269 g/mol. The Morgan fingerprint density at radius 3 is 2.42 bits per heavy atom. The van der Waals surface area contributed by atoms with Crippen LogP contribution in [0.15, 0.2) is 0 Å². The molecule has 1 saturated carbocycles. The van der Waals surface area contributed by atoms with Crippen LogP contribution in [0.25, 0.3) is 0 Å². The summed E-state index contributed by atoms with van der Waals surface area (Å²) in [5, 5.41) is 18.1. The third-order valence-electron chi connectivity index (χ3n) is 4.61. The molecular formula is C14H23NO4. The van der Waals surface area contributed by atoms with E-state index in [1.807, 2.05) is 0 Å². The number of aliphatic carboxylic acids is 1. The largest absolute Gasteiger partial charge is 0.481 e. The molecule has 0 aromatic heterocycles. The van der Waals surface area contributed by atoms with Crippen LogP contribution in [0.3, 0.4) is 0 Å². The first-order valence-corrected chi connectivity index (χ1v) is 7.15. The second kappa shape index (κ2) is 5.90. The lowest BCUT2D eigenvalue weighted by Gasteiger charge is -2.29. The Morgan fingerprint density at radius 2 is 1.89 bits per heavy atom. The van der Waals surface area contributed by atoms with Gasteiger partial charge in [0, 0.05) is 32.0 Å². The summed E-state index contributed by atoms with van der Waals surface area (Å²) < 4.78 is 0. The van der Waals surface area contributed by atoms with E-state index in [0.717, 1.165) is 32.1 Å². The average molecular weight is 269 g/mol. The molecule has 1 unspecified atom stereocenters. The van der Waals surface area contributed by atoms with E-state index < -0.39 is 5.97 Å². The van der Waals surface area contributed by atoms with Gasteiger partial charge >= 0.3 is 5.97 Å². The molecule has 2 fully saturated rings. The Morgan fingerprint density at radius 1 is 1.21 bits per heavy atom. The number of nitrogens with zero attached hydrogens (tertiary/aromatic N) is 1. The molecule has 2 rings (SSSR count). The molecule has 0 bridgehead atoms. The van der Waals surface area contributed by atoms with Crippen molar-refractivity contribution in [2.24, 2.45) is 11.3 Å². The molecule has 1 atom stereocenters. The predicted molar refractivity (Wildman–Crippen MR) is 69.5 cm³/mol. The van der Waals surface area contributed by atoms with Crippen LogP contribution in [0, 0.1) is 11.3 Å². The molecule has 5 heteroatoms. The third kappa shape index (κ3) is 3.47. The zero-order valence-corrected chi connectivity index (χ0v) is 11.3. The van der Waals surface area contributed by atoms with E-state index in [1.165, 1.54) is 0 Å². The Kier molecular flexibility index (Phi) is 4.45. The van der Waals surface area contributed by atoms with E-state index >= 15 is 0 Å². The average Bonchev–Trinajstić information content (AvgIpc) is 2.97. The second-order valence-electron chi connectivity index (χ2n) is 6.13. The quantitative estimate of drug-likeness (QED) is 0.787. The number of aliphatic hydroxyl groups excluding tert-OH is 1. The topological polar surface area (TPSA) is 77.8 Å². The summed E-state index contributed by atoms with van der Waals surface area (Å²) in [6, 6.07) is 0. The summed E-state index contributed by atoms with van der Waals surface area (Å²) in [7, 11) is 0. The van der Waals surface area contributed by atoms with Gasteiger partial charge < -0.3 is 15.1 Å². The molecular weight excluding hydrogens is 246 g/mol. The maximum absolute atomic E-state index is 12.3. The van der Waals surface area contributed by atoms with Gasteiger partial charge in [-0.1, -0.05) is 12.8 Å². The third-order valence-corrected chi connectivity index (χ3v) is 4.61. The smallest absolute Gasteiger partial charge is 0.303 e. The highest BCUT2D eigenvalue weighted by Gasteiger charge is 2.39. The normalized spacial score (nSPS) is 25.7. The van der Waals surface area contributed by atoms with Gasteiger partial charge in [-0.3, -0.25) is 9.59 Å². The maximum atomic E-state index is 12.3. The molecule has 2 N–H and O–H groups in total. The van der Waals surface area contributed by atoms with E-state index in [2.05, 4.69) is 0 Å². The van der Waals surface area contributed by atoms with Gasteiger partial charge in [0.2, 0.25) is 5.91 Å². The van der Waals surface area contributed by atoms with Crippen LogP contribution in [0.4, 0.5) is 0 Å². The number of hydrogen-bond donors (Lipinski definition) is 2. The number of likely N-dealkylation sites (tertiary alicyclic amines) is 1. The Bertz CT molecular complexity index is 349. The number of carboxylic acids is 1. The molecule has 0 spiro atoms. The molecule has 2 aliphatic rings. The summed E-state index contributed by atoms with van der Waals surface area (Å²) in [5.41, 5.74) is -0.319. The number of carbonyl (C=O) groups excluding carboxylic acids is 1. The zero-order chi connectivity index (χ0) is 13.9. The van der Waals surface area contributed by atoms with Crippen LogP contribution >= 0.6 is 0 Å². The molecule has 0 aromatic carbocycles. The molecule has 1 aliphatic heterocycles.